The van der Waals surface area contributed by atoms with Crippen molar-refractivity contribution in [1.82, 2.24) is 4.98 Å². The van der Waals surface area contributed by atoms with Crippen LogP contribution in [0.1, 0.15) is 25.3 Å². The summed E-state index contributed by atoms with van der Waals surface area (Å²) in [5, 5.41) is 2.42. The number of aromatic nitrogens is 1. The summed E-state index contributed by atoms with van der Waals surface area (Å²) in [6.07, 6.45) is 6.26. The lowest BCUT2D eigenvalue weighted by atomic mass is 9.85. The first-order chi connectivity index (χ1) is 7.69. The fourth-order valence-corrected chi connectivity index (χ4v) is 2.50. The van der Waals surface area contributed by atoms with Crippen LogP contribution in [0, 0.1) is 5.92 Å². The molecule has 0 bridgehead atoms. The third-order valence-corrected chi connectivity index (χ3v) is 3.69. The minimum atomic E-state index is -0.194. The van der Waals surface area contributed by atoms with Gasteiger partial charge in [-0.25, -0.2) is 0 Å². The van der Waals surface area contributed by atoms with E-state index in [1.807, 2.05) is 12.4 Å². The lowest BCUT2D eigenvalue weighted by molar-refractivity contribution is 0.431. The molecule has 16 heavy (non-hydrogen) atoms. The van der Waals surface area contributed by atoms with Crippen molar-refractivity contribution in [3.8, 4) is 0 Å². The first kappa shape index (κ1) is 9.79. The SMILES string of the molecule is CC(N)(c1cccc2cnccc12)C1CC1. The van der Waals surface area contributed by atoms with Gasteiger partial charge in [0.1, 0.15) is 0 Å². The van der Waals surface area contributed by atoms with Gasteiger partial charge in [-0.3, -0.25) is 4.98 Å². The first-order valence-corrected chi connectivity index (χ1v) is 5.81. The molecule has 1 unspecified atom stereocenters. The van der Waals surface area contributed by atoms with Gasteiger partial charge in [0.05, 0.1) is 0 Å². The molecule has 1 aromatic heterocycles. The van der Waals surface area contributed by atoms with E-state index in [1.54, 1.807) is 0 Å². The molecule has 1 fully saturated rings. The van der Waals surface area contributed by atoms with Crippen LogP contribution in [0.5, 0.6) is 0 Å². The molecule has 0 saturated heterocycles. The van der Waals surface area contributed by atoms with Crippen molar-refractivity contribution < 1.29 is 0 Å². The highest BCUT2D eigenvalue weighted by molar-refractivity contribution is 5.85. The zero-order valence-corrected chi connectivity index (χ0v) is 9.48. The Labute approximate surface area is 95.5 Å². The largest absolute Gasteiger partial charge is 0.321 e. The normalized spacial score (nSPS) is 19.6. The Kier molecular flexibility index (Phi) is 2.01. The summed E-state index contributed by atoms with van der Waals surface area (Å²) in [5.41, 5.74) is 7.55. The van der Waals surface area contributed by atoms with Crippen LogP contribution in [0.15, 0.2) is 36.7 Å². The summed E-state index contributed by atoms with van der Waals surface area (Å²) >= 11 is 0. The van der Waals surface area contributed by atoms with Gasteiger partial charge in [0, 0.05) is 23.3 Å². The number of fused-ring (bicyclic) bond motifs is 1. The number of rotatable bonds is 2. The maximum atomic E-state index is 6.49. The van der Waals surface area contributed by atoms with Gasteiger partial charge in [0.25, 0.3) is 0 Å². The third kappa shape index (κ3) is 1.41. The molecular weight excluding hydrogens is 196 g/mol. The second kappa shape index (κ2) is 3.29. The number of nitrogens with zero attached hydrogens (tertiary/aromatic N) is 1. The average molecular weight is 212 g/mol. The number of hydrogen-bond donors (Lipinski definition) is 1. The fraction of sp³-hybridized carbons (Fsp3) is 0.357. The highest BCUT2D eigenvalue weighted by atomic mass is 14.8. The smallest absolute Gasteiger partial charge is 0.0415 e. The molecule has 0 amide bonds. The molecule has 2 nitrogen and oxygen atoms in total. The van der Waals surface area contributed by atoms with E-state index in [0.717, 1.165) is 0 Å². The molecule has 3 rings (SSSR count). The predicted molar refractivity (Wildman–Crippen MR) is 66.0 cm³/mol. The average Bonchev–Trinajstić information content (AvgIpc) is 3.12. The minimum Gasteiger partial charge on any atom is -0.321 e. The van der Waals surface area contributed by atoms with Crippen LogP contribution in [-0.4, -0.2) is 4.98 Å². The molecule has 82 valence electrons. The second-order valence-corrected chi connectivity index (χ2v) is 4.96. The zero-order chi connectivity index (χ0) is 11.2. The standard InChI is InChI=1S/C14H16N2/c1-14(15,11-5-6-11)13-4-2-3-10-9-16-8-7-12(10)13/h2-4,7-9,11H,5-6,15H2,1H3. The van der Waals surface area contributed by atoms with Gasteiger partial charge in [-0.05, 0) is 42.7 Å². The molecule has 2 heteroatoms. The van der Waals surface area contributed by atoms with E-state index in [9.17, 15) is 0 Å². The topological polar surface area (TPSA) is 38.9 Å². The first-order valence-electron chi connectivity index (χ1n) is 5.81. The van der Waals surface area contributed by atoms with Crippen molar-refractivity contribution in [3.63, 3.8) is 0 Å². The van der Waals surface area contributed by atoms with Gasteiger partial charge in [-0.15, -0.1) is 0 Å². The van der Waals surface area contributed by atoms with Crippen LogP contribution in [0.4, 0.5) is 0 Å². The van der Waals surface area contributed by atoms with Crippen molar-refractivity contribution in [2.75, 3.05) is 0 Å². The summed E-state index contributed by atoms with van der Waals surface area (Å²) in [6.45, 7) is 2.15. The molecule has 1 saturated carbocycles. The highest BCUT2D eigenvalue weighted by Gasteiger charge is 2.40. The quantitative estimate of drug-likeness (QED) is 0.831. The van der Waals surface area contributed by atoms with Gasteiger partial charge in [0.15, 0.2) is 0 Å². The molecule has 1 heterocycles. The highest BCUT2D eigenvalue weighted by Crippen LogP contribution is 2.45. The van der Waals surface area contributed by atoms with Crippen LogP contribution in [0.3, 0.4) is 0 Å². The number of pyridine rings is 1. The monoisotopic (exact) mass is 212 g/mol. The van der Waals surface area contributed by atoms with E-state index in [-0.39, 0.29) is 5.54 Å². The van der Waals surface area contributed by atoms with Crippen LogP contribution in [0.25, 0.3) is 10.8 Å². The summed E-state index contributed by atoms with van der Waals surface area (Å²) in [6, 6.07) is 8.39. The van der Waals surface area contributed by atoms with Crippen molar-refractivity contribution in [2.45, 2.75) is 25.3 Å². The Morgan fingerprint density at radius 2 is 2.12 bits per heavy atom. The Morgan fingerprint density at radius 3 is 2.88 bits per heavy atom. The van der Waals surface area contributed by atoms with Crippen molar-refractivity contribution in [1.29, 1.82) is 0 Å². The maximum Gasteiger partial charge on any atom is 0.0415 e. The predicted octanol–water partition coefficient (Wildman–Crippen LogP) is 2.82. The molecule has 0 spiro atoms. The van der Waals surface area contributed by atoms with Gasteiger partial charge in [0.2, 0.25) is 0 Å². The minimum absolute atomic E-state index is 0.194. The lowest BCUT2D eigenvalue weighted by Gasteiger charge is -2.26. The Bertz CT molecular complexity index is 522. The van der Waals surface area contributed by atoms with Crippen LogP contribution >= 0.6 is 0 Å². The molecule has 0 radical (unpaired) electrons. The number of hydrogen-bond acceptors (Lipinski definition) is 2. The van der Waals surface area contributed by atoms with Gasteiger partial charge >= 0.3 is 0 Å². The molecule has 1 aromatic carbocycles. The van der Waals surface area contributed by atoms with Crippen molar-refractivity contribution in [3.05, 3.63) is 42.2 Å². The van der Waals surface area contributed by atoms with Crippen LogP contribution in [-0.2, 0) is 5.54 Å². The molecule has 2 N–H and O–H groups in total. The molecule has 2 aromatic rings. The van der Waals surface area contributed by atoms with Crippen molar-refractivity contribution >= 4 is 10.8 Å². The van der Waals surface area contributed by atoms with E-state index in [0.29, 0.717) is 5.92 Å². The summed E-state index contributed by atoms with van der Waals surface area (Å²) in [7, 11) is 0. The van der Waals surface area contributed by atoms with E-state index >= 15 is 0 Å². The number of nitrogens with two attached hydrogens (primary N) is 1. The third-order valence-electron chi connectivity index (χ3n) is 3.69. The molecule has 1 atom stereocenters. The van der Waals surface area contributed by atoms with Crippen LogP contribution < -0.4 is 5.73 Å². The van der Waals surface area contributed by atoms with E-state index in [2.05, 4.69) is 36.2 Å². The van der Waals surface area contributed by atoms with Crippen LogP contribution in [0.2, 0.25) is 0 Å². The Hall–Kier alpha value is -1.41. The molecule has 0 aliphatic heterocycles. The molecule has 1 aliphatic rings. The van der Waals surface area contributed by atoms with Crippen molar-refractivity contribution in [2.24, 2.45) is 11.7 Å². The van der Waals surface area contributed by atoms with Gasteiger partial charge in [-0.1, -0.05) is 18.2 Å². The van der Waals surface area contributed by atoms with E-state index < -0.39 is 0 Å². The molecular formula is C14H16N2. The Morgan fingerprint density at radius 1 is 1.31 bits per heavy atom. The second-order valence-electron chi connectivity index (χ2n) is 4.96. The Balaban J connectivity index is 2.23. The molecule has 1 aliphatic carbocycles. The number of benzene rings is 1. The summed E-state index contributed by atoms with van der Waals surface area (Å²) in [5.74, 6) is 0.645. The fourth-order valence-electron chi connectivity index (χ4n) is 2.50. The van der Waals surface area contributed by atoms with E-state index in [1.165, 1.54) is 29.2 Å². The summed E-state index contributed by atoms with van der Waals surface area (Å²) < 4.78 is 0. The van der Waals surface area contributed by atoms with E-state index in [4.69, 9.17) is 5.73 Å². The zero-order valence-electron chi connectivity index (χ0n) is 9.48. The maximum absolute atomic E-state index is 6.49. The lowest BCUT2D eigenvalue weighted by Crippen LogP contribution is -2.35. The van der Waals surface area contributed by atoms with Gasteiger partial charge in [-0.2, -0.15) is 0 Å². The summed E-state index contributed by atoms with van der Waals surface area (Å²) in [4.78, 5) is 4.16. The van der Waals surface area contributed by atoms with Gasteiger partial charge < -0.3 is 5.73 Å².